The smallest absolute Gasteiger partial charge is 0.183 e. The van der Waals surface area contributed by atoms with Crippen molar-refractivity contribution < 1.29 is 9.47 Å². The lowest BCUT2D eigenvalue weighted by Gasteiger charge is -2.08. The zero-order chi connectivity index (χ0) is 18.5. The summed E-state index contributed by atoms with van der Waals surface area (Å²) >= 11 is 0. The number of H-pyrrole nitrogens is 1. The molecule has 2 heterocycles. The van der Waals surface area contributed by atoms with Crippen LogP contribution in [0.3, 0.4) is 0 Å². The second kappa shape index (κ2) is 7.74. The zero-order valence-corrected chi connectivity index (χ0v) is 14.8. The summed E-state index contributed by atoms with van der Waals surface area (Å²) in [6.45, 7) is 1.13. The molecule has 0 saturated carbocycles. The number of ether oxygens (including phenoxy) is 2. The van der Waals surface area contributed by atoms with E-state index in [-0.39, 0.29) is 0 Å². The summed E-state index contributed by atoms with van der Waals surface area (Å²) in [6, 6.07) is 17.4. The van der Waals surface area contributed by atoms with Crippen LogP contribution in [0.25, 0.3) is 22.6 Å². The number of para-hydroxylation sites is 1. The van der Waals surface area contributed by atoms with Crippen molar-refractivity contribution in [3.8, 4) is 22.9 Å². The average molecular weight is 361 g/mol. The fourth-order valence-corrected chi connectivity index (χ4v) is 2.70. The van der Waals surface area contributed by atoms with Crippen LogP contribution in [0, 0.1) is 0 Å². The second-order valence-electron chi connectivity index (χ2n) is 5.82. The molecule has 7 heteroatoms. The lowest BCUT2D eigenvalue weighted by molar-refractivity contribution is 0.333. The van der Waals surface area contributed by atoms with E-state index in [9.17, 15) is 0 Å². The van der Waals surface area contributed by atoms with E-state index >= 15 is 0 Å². The minimum Gasteiger partial charge on any atom is -0.497 e. The van der Waals surface area contributed by atoms with Gasteiger partial charge in [-0.1, -0.05) is 18.2 Å². The monoisotopic (exact) mass is 361 g/mol. The molecule has 0 aliphatic rings. The van der Waals surface area contributed by atoms with Crippen molar-refractivity contribution in [2.75, 3.05) is 25.6 Å². The first kappa shape index (κ1) is 16.8. The van der Waals surface area contributed by atoms with E-state index in [1.807, 2.05) is 54.6 Å². The zero-order valence-electron chi connectivity index (χ0n) is 14.8. The lowest BCUT2D eigenvalue weighted by Crippen LogP contribution is -2.12. The third kappa shape index (κ3) is 3.82. The van der Waals surface area contributed by atoms with Crippen LogP contribution >= 0.6 is 0 Å². The number of nitrogens with one attached hydrogen (secondary N) is 2. The van der Waals surface area contributed by atoms with Crippen molar-refractivity contribution in [2.45, 2.75) is 0 Å². The van der Waals surface area contributed by atoms with Gasteiger partial charge in [-0.3, -0.25) is 0 Å². The number of anilines is 1. The molecule has 2 N–H and O–H groups in total. The Morgan fingerprint density at radius 1 is 0.963 bits per heavy atom. The normalized spacial score (nSPS) is 10.7. The molecule has 27 heavy (non-hydrogen) atoms. The minimum atomic E-state index is 0.523. The molecule has 0 radical (unpaired) electrons. The Kier molecular flexibility index (Phi) is 4.82. The molecule has 2 aromatic heterocycles. The predicted octanol–water partition coefficient (Wildman–Crippen LogP) is 3.52. The minimum absolute atomic E-state index is 0.523. The molecule has 0 atom stereocenters. The summed E-state index contributed by atoms with van der Waals surface area (Å²) < 4.78 is 10.9. The fourth-order valence-electron chi connectivity index (χ4n) is 2.70. The molecule has 2 aromatic carbocycles. The maximum atomic E-state index is 5.69. The Morgan fingerprint density at radius 2 is 1.78 bits per heavy atom. The molecule has 0 amide bonds. The van der Waals surface area contributed by atoms with Crippen LogP contribution in [0.1, 0.15) is 0 Å². The van der Waals surface area contributed by atoms with Gasteiger partial charge in [0.15, 0.2) is 11.5 Å². The number of rotatable bonds is 7. The number of nitrogens with zero attached hydrogens (tertiary/aromatic N) is 3. The topological polar surface area (TPSA) is 85.0 Å². The van der Waals surface area contributed by atoms with Gasteiger partial charge in [-0.15, -0.1) is 0 Å². The van der Waals surface area contributed by atoms with Gasteiger partial charge in [-0.2, -0.15) is 0 Å². The largest absolute Gasteiger partial charge is 0.497 e. The molecule has 0 aliphatic heterocycles. The van der Waals surface area contributed by atoms with Crippen LogP contribution < -0.4 is 14.8 Å². The van der Waals surface area contributed by atoms with E-state index in [1.165, 1.54) is 6.33 Å². The lowest BCUT2D eigenvalue weighted by atomic mass is 10.2. The van der Waals surface area contributed by atoms with E-state index in [0.717, 1.165) is 28.4 Å². The van der Waals surface area contributed by atoms with Gasteiger partial charge in [-0.05, 0) is 36.4 Å². The Labute approximate surface area is 156 Å². The second-order valence-corrected chi connectivity index (χ2v) is 5.82. The van der Waals surface area contributed by atoms with E-state index < -0.39 is 0 Å². The summed E-state index contributed by atoms with van der Waals surface area (Å²) in [6.07, 6.45) is 1.50. The molecule has 0 unspecified atom stereocenters. The van der Waals surface area contributed by atoms with E-state index in [2.05, 4.69) is 25.3 Å². The highest BCUT2D eigenvalue weighted by Crippen LogP contribution is 2.24. The molecular formula is C20H19N5O2. The molecule has 4 aromatic rings. The third-order valence-corrected chi connectivity index (χ3v) is 4.06. The highest BCUT2D eigenvalue weighted by atomic mass is 16.5. The number of methoxy groups -OCH3 is 1. The molecule has 0 saturated heterocycles. The maximum Gasteiger partial charge on any atom is 0.183 e. The van der Waals surface area contributed by atoms with Crippen LogP contribution in [-0.4, -0.2) is 40.2 Å². The number of hydrogen-bond donors (Lipinski definition) is 2. The summed E-state index contributed by atoms with van der Waals surface area (Å²) in [5.74, 6) is 3.08. The van der Waals surface area contributed by atoms with Crippen molar-refractivity contribution in [1.82, 2.24) is 19.9 Å². The molecule has 7 nitrogen and oxygen atoms in total. The van der Waals surface area contributed by atoms with Gasteiger partial charge in [0.2, 0.25) is 0 Å². The van der Waals surface area contributed by atoms with Crippen LogP contribution in [0.2, 0.25) is 0 Å². The summed E-state index contributed by atoms with van der Waals surface area (Å²) in [4.78, 5) is 16.4. The number of imidazole rings is 1. The van der Waals surface area contributed by atoms with E-state index in [1.54, 1.807) is 7.11 Å². The Hall–Kier alpha value is -3.61. The molecule has 0 spiro atoms. The number of aromatic amines is 1. The third-order valence-electron chi connectivity index (χ3n) is 4.06. The molecule has 0 fully saturated rings. The van der Waals surface area contributed by atoms with Gasteiger partial charge < -0.3 is 19.8 Å². The fraction of sp³-hybridized carbons (Fsp3) is 0.150. The molecule has 0 bridgehead atoms. The SMILES string of the molecule is COc1ccc(-c2nc3ncnc(NCCOc4ccccc4)c3[nH]2)cc1. The van der Waals surface area contributed by atoms with E-state index in [4.69, 9.17) is 9.47 Å². The highest BCUT2D eigenvalue weighted by molar-refractivity contribution is 5.85. The van der Waals surface area contributed by atoms with Crippen LogP contribution in [0.15, 0.2) is 60.9 Å². The van der Waals surface area contributed by atoms with Crippen molar-refractivity contribution in [3.63, 3.8) is 0 Å². The molecule has 4 rings (SSSR count). The first-order valence-corrected chi connectivity index (χ1v) is 8.60. The summed E-state index contributed by atoms with van der Waals surface area (Å²) in [7, 11) is 1.64. The van der Waals surface area contributed by atoms with Crippen LogP contribution in [-0.2, 0) is 0 Å². The van der Waals surface area contributed by atoms with Crippen molar-refractivity contribution in [1.29, 1.82) is 0 Å². The number of hydrogen-bond acceptors (Lipinski definition) is 6. The van der Waals surface area contributed by atoms with Crippen LogP contribution in [0.4, 0.5) is 5.82 Å². The number of benzene rings is 2. The standard InChI is InChI=1S/C20H19N5O2/c1-26-15-9-7-14(8-10-15)18-24-17-19(22-13-23-20(17)25-18)21-11-12-27-16-5-3-2-4-6-16/h2-10,13H,11-12H2,1H3,(H2,21,22,23,24,25). The van der Waals surface area contributed by atoms with Crippen molar-refractivity contribution >= 4 is 17.0 Å². The van der Waals surface area contributed by atoms with Gasteiger partial charge >= 0.3 is 0 Å². The first-order chi connectivity index (χ1) is 13.3. The van der Waals surface area contributed by atoms with Crippen LogP contribution in [0.5, 0.6) is 11.5 Å². The van der Waals surface area contributed by atoms with Crippen molar-refractivity contribution in [3.05, 3.63) is 60.9 Å². The predicted molar refractivity (Wildman–Crippen MR) is 104 cm³/mol. The van der Waals surface area contributed by atoms with Gasteiger partial charge in [0.1, 0.15) is 35.8 Å². The Bertz CT molecular complexity index is 1020. The first-order valence-electron chi connectivity index (χ1n) is 8.60. The quantitative estimate of drug-likeness (QED) is 0.490. The Balaban J connectivity index is 1.47. The van der Waals surface area contributed by atoms with E-state index in [0.29, 0.717) is 24.6 Å². The summed E-state index contributed by atoms with van der Waals surface area (Å²) in [5.41, 5.74) is 2.33. The van der Waals surface area contributed by atoms with Gasteiger partial charge in [0.05, 0.1) is 13.7 Å². The molecule has 136 valence electrons. The number of aromatic nitrogens is 4. The maximum absolute atomic E-state index is 5.69. The number of fused-ring (bicyclic) bond motifs is 1. The average Bonchev–Trinajstić information content (AvgIpc) is 3.17. The summed E-state index contributed by atoms with van der Waals surface area (Å²) in [5, 5.41) is 3.27. The molecule has 0 aliphatic carbocycles. The Morgan fingerprint density at radius 3 is 2.56 bits per heavy atom. The molecular weight excluding hydrogens is 342 g/mol. The van der Waals surface area contributed by atoms with Crippen molar-refractivity contribution in [2.24, 2.45) is 0 Å². The van der Waals surface area contributed by atoms with Gasteiger partial charge in [0.25, 0.3) is 0 Å². The van der Waals surface area contributed by atoms with Gasteiger partial charge in [-0.25, -0.2) is 15.0 Å². The highest BCUT2D eigenvalue weighted by Gasteiger charge is 2.11. The van der Waals surface area contributed by atoms with Gasteiger partial charge in [0, 0.05) is 5.56 Å².